The number of anilines is 4. The summed E-state index contributed by atoms with van der Waals surface area (Å²) in [6.07, 6.45) is 1.81. The standard InChI is InChI=1S/C24H29F2N7.C13H17ClF2N4/c1-14-8-16(6-7-18(14)33-13-28-15(2)31-33)9-19-29-21(27-5)20-22(30-19)32(12-23(20,3)4)17-10-24(25,26)11-17;1-12(2)6-20(7-4-13(15,16)5-7)10-8(12)9(17-3)18-11(14)19-10/h6-8,13,17H,9-12H2,1-5H3,(H,27,29,30);7H,4-6H2,1-3H3,(H,17,18,19). The van der Waals surface area contributed by atoms with Crippen LogP contribution in [-0.4, -0.2) is 85.8 Å². The van der Waals surface area contributed by atoms with Gasteiger partial charge in [0, 0.05) is 93.3 Å². The molecule has 0 atom stereocenters. The number of benzene rings is 1. The van der Waals surface area contributed by atoms with Gasteiger partial charge >= 0.3 is 0 Å². The first-order chi connectivity index (χ1) is 24.8. The number of hydrogen-bond acceptors (Lipinski definition) is 10. The monoisotopic (exact) mass is 755 g/mol. The Kier molecular flexibility index (Phi) is 9.05. The number of nitrogens with zero attached hydrogens (tertiary/aromatic N) is 9. The molecule has 2 N–H and O–H groups in total. The zero-order valence-corrected chi connectivity index (χ0v) is 32.1. The molecule has 0 saturated heterocycles. The van der Waals surface area contributed by atoms with Crippen LogP contribution in [0.2, 0.25) is 5.28 Å². The van der Waals surface area contributed by atoms with Gasteiger partial charge in [0.15, 0.2) is 0 Å². The summed E-state index contributed by atoms with van der Waals surface area (Å²) < 4.78 is 55.3. The van der Waals surface area contributed by atoms with Crippen molar-refractivity contribution in [3.63, 3.8) is 0 Å². The van der Waals surface area contributed by atoms with Crippen molar-refractivity contribution in [2.24, 2.45) is 0 Å². The van der Waals surface area contributed by atoms with Crippen LogP contribution in [0.1, 0.15) is 87.3 Å². The highest BCUT2D eigenvalue weighted by Gasteiger charge is 2.54. The third-order valence-electron chi connectivity index (χ3n) is 10.8. The molecule has 16 heteroatoms. The summed E-state index contributed by atoms with van der Waals surface area (Å²) in [4.78, 5) is 26.4. The van der Waals surface area contributed by atoms with Crippen LogP contribution in [0.4, 0.5) is 40.8 Å². The molecule has 2 aliphatic carbocycles. The lowest BCUT2D eigenvalue weighted by Crippen LogP contribution is -2.51. The predicted octanol–water partition coefficient (Wildman–Crippen LogP) is 7.27. The molecule has 2 saturated carbocycles. The normalized spacial score (nSPS) is 20.5. The topological polar surface area (TPSA) is 113 Å². The molecular formula is C37H46ClF4N11. The Bertz CT molecular complexity index is 2030. The number of hydrogen-bond donors (Lipinski definition) is 2. The number of rotatable bonds is 7. The highest BCUT2D eigenvalue weighted by Crippen LogP contribution is 2.51. The molecule has 284 valence electrons. The fraction of sp³-hybridized carbons (Fsp3) is 0.568. The highest BCUT2D eigenvalue weighted by atomic mass is 35.5. The first-order valence-electron chi connectivity index (χ1n) is 17.9. The van der Waals surface area contributed by atoms with Gasteiger partial charge in [0.05, 0.1) is 5.69 Å². The Morgan fingerprint density at radius 3 is 1.77 bits per heavy atom. The fourth-order valence-corrected chi connectivity index (χ4v) is 8.38. The number of fused-ring (bicyclic) bond motifs is 2. The van der Waals surface area contributed by atoms with E-state index in [2.05, 4.69) is 69.3 Å². The smallest absolute Gasteiger partial charge is 0.252 e. The van der Waals surface area contributed by atoms with Crippen molar-refractivity contribution in [1.29, 1.82) is 0 Å². The van der Waals surface area contributed by atoms with Crippen molar-refractivity contribution < 1.29 is 17.6 Å². The van der Waals surface area contributed by atoms with E-state index in [1.807, 2.05) is 37.9 Å². The summed E-state index contributed by atoms with van der Waals surface area (Å²) in [6.45, 7) is 13.6. The van der Waals surface area contributed by atoms with Gasteiger partial charge in [0.1, 0.15) is 41.2 Å². The van der Waals surface area contributed by atoms with E-state index in [0.29, 0.717) is 37.0 Å². The Balaban J connectivity index is 0.000000186. The molecular weight excluding hydrogens is 710 g/mol. The maximum atomic E-state index is 13.6. The Morgan fingerprint density at radius 2 is 1.30 bits per heavy atom. The summed E-state index contributed by atoms with van der Waals surface area (Å²) in [5.74, 6) is -0.766. The second-order valence-electron chi connectivity index (χ2n) is 16.1. The third kappa shape index (κ3) is 6.96. The van der Waals surface area contributed by atoms with Crippen LogP contribution in [0.3, 0.4) is 0 Å². The van der Waals surface area contributed by atoms with Crippen molar-refractivity contribution in [2.45, 2.75) is 108 Å². The zero-order chi connectivity index (χ0) is 38.2. The molecule has 3 aromatic heterocycles. The molecule has 1 aromatic carbocycles. The Morgan fingerprint density at radius 1 is 0.774 bits per heavy atom. The highest BCUT2D eigenvalue weighted by molar-refractivity contribution is 6.28. The van der Waals surface area contributed by atoms with Crippen molar-refractivity contribution in [1.82, 2.24) is 34.7 Å². The van der Waals surface area contributed by atoms with E-state index >= 15 is 0 Å². The molecule has 8 rings (SSSR count). The molecule has 2 aliphatic heterocycles. The predicted molar refractivity (Wildman–Crippen MR) is 198 cm³/mol. The molecule has 11 nitrogen and oxygen atoms in total. The Hall–Kier alpha value is -4.27. The SMILES string of the molecule is CNc1nc(Cc2ccc(-n3cnc(C)n3)c(C)c2)nc2c1C(C)(C)CN2C1CC(F)(F)C1.CNc1nc(Cl)nc2c1C(C)(C)CN2C1CC(F)(F)C1. The van der Waals surface area contributed by atoms with Gasteiger partial charge in [-0.3, -0.25) is 0 Å². The molecule has 2 fully saturated rings. The van der Waals surface area contributed by atoms with Gasteiger partial charge in [0.2, 0.25) is 5.28 Å². The Labute approximate surface area is 312 Å². The van der Waals surface area contributed by atoms with Gasteiger partial charge in [-0.25, -0.2) is 47.2 Å². The lowest BCUT2D eigenvalue weighted by Gasteiger charge is -2.42. The van der Waals surface area contributed by atoms with Crippen LogP contribution in [0, 0.1) is 13.8 Å². The van der Waals surface area contributed by atoms with Gasteiger partial charge in [-0.2, -0.15) is 5.10 Å². The van der Waals surface area contributed by atoms with Crippen LogP contribution in [0.5, 0.6) is 0 Å². The second kappa shape index (κ2) is 12.9. The van der Waals surface area contributed by atoms with Gasteiger partial charge in [-0.1, -0.05) is 39.8 Å². The van der Waals surface area contributed by atoms with E-state index < -0.39 is 11.8 Å². The fourth-order valence-electron chi connectivity index (χ4n) is 8.21. The van der Waals surface area contributed by atoms with Crippen LogP contribution in [0.25, 0.3) is 5.69 Å². The molecule has 4 aromatic rings. The van der Waals surface area contributed by atoms with E-state index in [1.54, 1.807) is 18.1 Å². The van der Waals surface area contributed by atoms with Crippen LogP contribution < -0.4 is 20.4 Å². The van der Waals surface area contributed by atoms with Gasteiger partial charge in [-0.15, -0.1) is 0 Å². The molecule has 4 aliphatic rings. The van der Waals surface area contributed by atoms with E-state index in [-0.39, 0.29) is 53.9 Å². The van der Waals surface area contributed by atoms with E-state index in [9.17, 15) is 17.6 Å². The minimum Gasteiger partial charge on any atom is -0.373 e. The lowest BCUT2D eigenvalue weighted by molar-refractivity contribution is -0.0865. The minimum absolute atomic E-state index is 0.112. The summed E-state index contributed by atoms with van der Waals surface area (Å²) in [5.41, 5.74) is 4.69. The first-order valence-corrected chi connectivity index (χ1v) is 18.3. The number of halogens is 5. The van der Waals surface area contributed by atoms with E-state index in [4.69, 9.17) is 21.6 Å². The number of nitrogens with one attached hydrogen (secondary N) is 2. The van der Waals surface area contributed by atoms with Crippen molar-refractivity contribution in [3.05, 3.63) is 63.7 Å². The van der Waals surface area contributed by atoms with Crippen molar-refractivity contribution in [3.8, 4) is 5.69 Å². The minimum atomic E-state index is -2.57. The van der Waals surface area contributed by atoms with E-state index in [1.165, 1.54) is 0 Å². The van der Waals surface area contributed by atoms with Crippen molar-refractivity contribution >= 4 is 34.9 Å². The number of aryl methyl sites for hydroxylation is 2. The quantitative estimate of drug-likeness (QED) is 0.148. The maximum Gasteiger partial charge on any atom is 0.252 e. The van der Waals surface area contributed by atoms with Crippen LogP contribution in [0.15, 0.2) is 24.5 Å². The summed E-state index contributed by atoms with van der Waals surface area (Å²) in [6, 6.07) is 5.83. The molecule has 53 heavy (non-hydrogen) atoms. The average Bonchev–Trinajstić information content (AvgIpc) is 3.68. The lowest BCUT2D eigenvalue weighted by atomic mass is 9.85. The molecule has 5 heterocycles. The molecule has 0 radical (unpaired) electrons. The molecule has 0 bridgehead atoms. The number of alkyl halides is 4. The molecule has 0 amide bonds. The first kappa shape index (κ1) is 37.1. The zero-order valence-electron chi connectivity index (χ0n) is 31.3. The van der Waals surface area contributed by atoms with Crippen molar-refractivity contribution in [2.75, 3.05) is 47.6 Å². The largest absolute Gasteiger partial charge is 0.373 e. The van der Waals surface area contributed by atoms with Gasteiger partial charge in [0.25, 0.3) is 11.8 Å². The van der Waals surface area contributed by atoms with Crippen LogP contribution >= 0.6 is 11.6 Å². The van der Waals surface area contributed by atoms with E-state index in [0.717, 1.165) is 45.4 Å². The average molecular weight is 756 g/mol. The summed E-state index contributed by atoms with van der Waals surface area (Å²) in [5, 5.41) is 10.8. The van der Waals surface area contributed by atoms with Crippen LogP contribution in [-0.2, 0) is 17.3 Å². The maximum absolute atomic E-state index is 13.6. The third-order valence-corrected chi connectivity index (χ3v) is 11.0. The second-order valence-corrected chi connectivity index (χ2v) is 16.5. The number of aromatic nitrogens is 7. The summed E-state index contributed by atoms with van der Waals surface area (Å²) >= 11 is 5.95. The van der Waals surface area contributed by atoms with Gasteiger partial charge in [-0.05, 0) is 42.6 Å². The summed E-state index contributed by atoms with van der Waals surface area (Å²) in [7, 11) is 3.62. The molecule has 0 unspecified atom stereocenters. The van der Waals surface area contributed by atoms with Gasteiger partial charge < -0.3 is 20.4 Å². The molecule has 0 spiro atoms.